The van der Waals surface area contributed by atoms with Crippen LogP contribution in [0.2, 0.25) is 0 Å². The van der Waals surface area contributed by atoms with E-state index in [4.69, 9.17) is 4.74 Å². The van der Waals surface area contributed by atoms with Crippen LogP contribution in [0.15, 0.2) is 42.7 Å². The Labute approximate surface area is 154 Å². The molecule has 0 aliphatic carbocycles. The first kappa shape index (κ1) is 19.4. The van der Waals surface area contributed by atoms with Crippen LogP contribution >= 0.6 is 0 Å². The second-order valence-corrected chi connectivity index (χ2v) is 6.39. The number of rotatable bonds is 7. The number of nitrogens with zero attached hydrogens (tertiary/aromatic N) is 1. The highest BCUT2D eigenvalue weighted by molar-refractivity contribution is 6.05. The van der Waals surface area contributed by atoms with Crippen molar-refractivity contribution in [1.29, 1.82) is 0 Å². The minimum Gasteiger partial charge on any atom is -0.491 e. The number of aromatic nitrogens is 1. The van der Waals surface area contributed by atoms with Crippen LogP contribution in [0, 0.1) is 0 Å². The molecule has 2 aromatic rings. The Morgan fingerprint density at radius 3 is 2.23 bits per heavy atom. The first-order chi connectivity index (χ1) is 12.4. The Morgan fingerprint density at radius 2 is 1.65 bits per heavy atom. The minimum atomic E-state index is -0.326. The molecule has 2 N–H and O–H groups in total. The molecule has 2 rings (SSSR count). The minimum absolute atomic E-state index is 0.0616. The maximum atomic E-state index is 12.4. The van der Waals surface area contributed by atoms with Crippen molar-refractivity contribution in [3.63, 3.8) is 0 Å². The van der Waals surface area contributed by atoms with Crippen molar-refractivity contribution in [3.05, 3.63) is 53.9 Å². The van der Waals surface area contributed by atoms with E-state index >= 15 is 0 Å². The molecule has 1 heterocycles. The van der Waals surface area contributed by atoms with Gasteiger partial charge in [0, 0.05) is 24.1 Å². The summed E-state index contributed by atoms with van der Waals surface area (Å²) in [6.45, 7) is 7.82. The zero-order valence-electron chi connectivity index (χ0n) is 15.6. The van der Waals surface area contributed by atoms with E-state index in [1.54, 1.807) is 24.3 Å². The van der Waals surface area contributed by atoms with Gasteiger partial charge in [-0.05, 0) is 57.5 Å². The third-order valence-electron chi connectivity index (χ3n) is 3.74. The molecule has 1 atom stereocenters. The highest BCUT2D eigenvalue weighted by atomic mass is 16.5. The third-order valence-corrected chi connectivity index (χ3v) is 3.74. The average Bonchev–Trinajstić information content (AvgIpc) is 2.62. The van der Waals surface area contributed by atoms with Gasteiger partial charge in [0.2, 0.25) is 0 Å². The lowest BCUT2D eigenvalue weighted by atomic mass is 10.1. The van der Waals surface area contributed by atoms with E-state index in [0.717, 1.165) is 12.2 Å². The molecule has 6 nitrogen and oxygen atoms in total. The molecule has 26 heavy (non-hydrogen) atoms. The summed E-state index contributed by atoms with van der Waals surface area (Å²) in [4.78, 5) is 28.6. The first-order valence-corrected chi connectivity index (χ1v) is 8.73. The second-order valence-electron chi connectivity index (χ2n) is 6.39. The zero-order chi connectivity index (χ0) is 19.1. The molecule has 1 aromatic carbocycles. The molecule has 0 spiro atoms. The molecule has 1 aromatic heterocycles. The molecule has 0 bridgehead atoms. The lowest BCUT2D eigenvalue weighted by Crippen LogP contribution is -2.32. The molecular weight excluding hydrogens is 330 g/mol. The Balaban J connectivity index is 2.05. The van der Waals surface area contributed by atoms with Gasteiger partial charge < -0.3 is 15.4 Å². The van der Waals surface area contributed by atoms with Crippen LogP contribution in [-0.4, -0.2) is 28.9 Å². The summed E-state index contributed by atoms with van der Waals surface area (Å²) in [7, 11) is 0. The second kappa shape index (κ2) is 8.99. The quantitative estimate of drug-likeness (QED) is 0.794. The predicted octanol–water partition coefficient (Wildman–Crippen LogP) is 3.65. The predicted molar refractivity (Wildman–Crippen MR) is 102 cm³/mol. The van der Waals surface area contributed by atoms with Gasteiger partial charge in [0.15, 0.2) is 0 Å². The van der Waals surface area contributed by atoms with Crippen LogP contribution in [0.3, 0.4) is 0 Å². The molecule has 0 aliphatic heterocycles. The van der Waals surface area contributed by atoms with E-state index in [1.165, 1.54) is 18.5 Å². The number of ether oxygens (including phenoxy) is 1. The van der Waals surface area contributed by atoms with Gasteiger partial charge in [0.05, 0.1) is 17.2 Å². The Kier molecular flexibility index (Phi) is 6.72. The van der Waals surface area contributed by atoms with Crippen molar-refractivity contribution in [2.45, 2.75) is 46.3 Å². The monoisotopic (exact) mass is 355 g/mol. The maximum absolute atomic E-state index is 12.4. The molecule has 0 aliphatic rings. The van der Waals surface area contributed by atoms with E-state index in [9.17, 15) is 9.59 Å². The normalized spacial score (nSPS) is 11.7. The number of amides is 2. The van der Waals surface area contributed by atoms with Crippen molar-refractivity contribution in [3.8, 4) is 5.75 Å². The molecule has 138 valence electrons. The summed E-state index contributed by atoms with van der Waals surface area (Å²) in [6, 6.07) is 8.72. The first-order valence-electron chi connectivity index (χ1n) is 8.73. The Morgan fingerprint density at radius 1 is 1.04 bits per heavy atom. The summed E-state index contributed by atoms with van der Waals surface area (Å²) in [5.41, 5.74) is 1.32. The number of benzene rings is 1. The number of anilines is 1. The van der Waals surface area contributed by atoms with Crippen LogP contribution in [0.25, 0.3) is 0 Å². The molecule has 0 fully saturated rings. The SMILES string of the molecule is CCC(C)NC(=O)c1cncc(C(=O)Nc2ccc(OC(C)C)cc2)c1. The van der Waals surface area contributed by atoms with E-state index in [1.807, 2.05) is 27.7 Å². The molecule has 0 saturated carbocycles. The maximum Gasteiger partial charge on any atom is 0.257 e. The molecule has 6 heteroatoms. The Hall–Kier alpha value is -2.89. The topological polar surface area (TPSA) is 80.3 Å². The molecule has 0 saturated heterocycles. The van der Waals surface area contributed by atoms with E-state index in [0.29, 0.717) is 16.8 Å². The fourth-order valence-electron chi connectivity index (χ4n) is 2.19. The molecule has 1 unspecified atom stereocenters. The van der Waals surface area contributed by atoms with Gasteiger partial charge in [0.25, 0.3) is 11.8 Å². The van der Waals surface area contributed by atoms with Crippen molar-refractivity contribution in [1.82, 2.24) is 10.3 Å². The summed E-state index contributed by atoms with van der Waals surface area (Å²) >= 11 is 0. The van der Waals surface area contributed by atoms with Gasteiger partial charge in [-0.3, -0.25) is 14.6 Å². The van der Waals surface area contributed by atoms with Crippen LogP contribution in [0.1, 0.15) is 54.8 Å². The lowest BCUT2D eigenvalue weighted by Gasteiger charge is -2.12. The van der Waals surface area contributed by atoms with Crippen LogP contribution in [0.4, 0.5) is 5.69 Å². The van der Waals surface area contributed by atoms with E-state index in [-0.39, 0.29) is 24.0 Å². The molecular formula is C20H25N3O3. The highest BCUT2D eigenvalue weighted by Gasteiger charge is 2.13. The smallest absolute Gasteiger partial charge is 0.257 e. The molecule has 2 amide bonds. The fourth-order valence-corrected chi connectivity index (χ4v) is 2.19. The lowest BCUT2D eigenvalue weighted by molar-refractivity contribution is 0.0939. The fraction of sp³-hybridized carbons (Fsp3) is 0.350. The number of carbonyl (C=O) groups is 2. The summed E-state index contributed by atoms with van der Waals surface area (Å²) in [5, 5.41) is 5.65. The largest absolute Gasteiger partial charge is 0.491 e. The van der Waals surface area contributed by atoms with E-state index < -0.39 is 0 Å². The van der Waals surface area contributed by atoms with Gasteiger partial charge in [-0.25, -0.2) is 0 Å². The average molecular weight is 355 g/mol. The van der Waals surface area contributed by atoms with Crippen molar-refractivity contribution >= 4 is 17.5 Å². The Bertz CT molecular complexity index is 757. The van der Waals surface area contributed by atoms with Crippen molar-refractivity contribution in [2.75, 3.05) is 5.32 Å². The summed E-state index contributed by atoms with van der Waals surface area (Å²) in [6.07, 6.45) is 3.81. The number of pyridine rings is 1. The number of hydrogen-bond acceptors (Lipinski definition) is 4. The zero-order valence-corrected chi connectivity index (χ0v) is 15.6. The molecule has 0 radical (unpaired) electrons. The van der Waals surface area contributed by atoms with Crippen molar-refractivity contribution in [2.24, 2.45) is 0 Å². The van der Waals surface area contributed by atoms with Crippen LogP contribution in [-0.2, 0) is 0 Å². The van der Waals surface area contributed by atoms with Crippen molar-refractivity contribution < 1.29 is 14.3 Å². The number of hydrogen-bond donors (Lipinski definition) is 2. The van der Waals surface area contributed by atoms with Gasteiger partial charge in [0.1, 0.15) is 5.75 Å². The third kappa shape index (κ3) is 5.58. The van der Waals surface area contributed by atoms with Gasteiger partial charge in [-0.2, -0.15) is 0 Å². The number of carbonyl (C=O) groups excluding carboxylic acids is 2. The van der Waals surface area contributed by atoms with Crippen LogP contribution in [0.5, 0.6) is 5.75 Å². The van der Waals surface area contributed by atoms with E-state index in [2.05, 4.69) is 15.6 Å². The van der Waals surface area contributed by atoms with Gasteiger partial charge in [-0.15, -0.1) is 0 Å². The van der Waals surface area contributed by atoms with Gasteiger partial charge >= 0.3 is 0 Å². The number of nitrogens with one attached hydrogen (secondary N) is 2. The van der Waals surface area contributed by atoms with Gasteiger partial charge in [-0.1, -0.05) is 6.92 Å². The van der Waals surface area contributed by atoms with Crippen LogP contribution < -0.4 is 15.4 Å². The standard InChI is InChI=1S/C20H25N3O3/c1-5-14(4)22-19(24)15-10-16(12-21-11-15)20(25)23-17-6-8-18(9-7-17)26-13(2)3/h6-14H,5H2,1-4H3,(H,22,24)(H,23,25). The summed E-state index contributed by atoms with van der Waals surface area (Å²) in [5.74, 6) is 0.174. The summed E-state index contributed by atoms with van der Waals surface area (Å²) < 4.78 is 5.57. The highest BCUT2D eigenvalue weighted by Crippen LogP contribution is 2.17.